The van der Waals surface area contributed by atoms with Crippen LogP contribution in [0.1, 0.15) is 27.9 Å². The maximum atomic E-state index is 12.6. The van der Waals surface area contributed by atoms with Crippen molar-refractivity contribution < 1.29 is 9.53 Å². The van der Waals surface area contributed by atoms with Crippen LogP contribution in [-0.2, 0) is 17.7 Å². The van der Waals surface area contributed by atoms with Gasteiger partial charge in [-0.05, 0) is 23.4 Å². The van der Waals surface area contributed by atoms with E-state index < -0.39 is 0 Å². The van der Waals surface area contributed by atoms with E-state index in [1.807, 2.05) is 18.4 Å². The molecule has 0 amide bonds. The van der Waals surface area contributed by atoms with Crippen molar-refractivity contribution in [2.45, 2.75) is 19.9 Å². The second kappa shape index (κ2) is 6.32. The van der Waals surface area contributed by atoms with Crippen LogP contribution in [0.5, 0.6) is 0 Å². The lowest BCUT2D eigenvalue weighted by atomic mass is 10.1. The number of halogens is 1. The number of hydrogen-bond acceptors (Lipinski definition) is 4. The Balaban J connectivity index is 2.35. The normalized spacial score (nSPS) is 10.9. The van der Waals surface area contributed by atoms with Gasteiger partial charge in [0.25, 0.3) is 0 Å². The maximum Gasteiger partial charge on any atom is 0.222 e. The summed E-state index contributed by atoms with van der Waals surface area (Å²) in [5, 5.41) is 6.44. The lowest BCUT2D eigenvalue weighted by molar-refractivity contribution is 0.102. The van der Waals surface area contributed by atoms with E-state index in [1.165, 1.54) is 17.5 Å². The van der Waals surface area contributed by atoms with Gasteiger partial charge in [0.05, 0.1) is 29.2 Å². The molecule has 0 aliphatic rings. The Hall–Kier alpha value is -1.17. The van der Waals surface area contributed by atoms with Crippen LogP contribution < -0.4 is 0 Å². The molecule has 19 heavy (non-hydrogen) atoms. The fourth-order valence-electron chi connectivity index (χ4n) is 1.86. The molecule has 0 saturated carbocycles. The highest BCUT2D eigenvalue weighted by Crippen LogP contribution is 2.25. The molecular formula is C13H15ClN2O2S. The maximum absolute atomic E-state index is 12.6. The van der Waals surface area contributed by atoms with E-state index in [4.69, 9.17) is 16.3 Å². The van der Waals surface area contributed by atoms with Crippen LogP contribution in [0.25, 0.3) is 0 Å². The topological polar surface area (TPSA) is 44.1 Å². The van der Waals surface area contributed by atoms with Crippen LogP contribution >= 0.6 is 22.9 Å². The third-order valence-corrected chi connectivity index (χ3v) is 4.08. The van der Waals surface area contributed by atoms with E-state index in [1.54, 1.807) is 11.8 Å². The Morgan fingerprint density at radius 3 is 3.05 bits per heavy atom. The number of carbonyl (C=O) groups excluding carboxylic acids is 1. The first kappa shape index (κ1) is 14.2. The molecule has 4 nitrogen and oxygen atoms in total. The van der Waals surface area contributed by atoms with E-state index in [0.29, 0.717) is 23.9 Å². The molecule has 0 aliphatic heterocycles. The fourth-order valence-corrected chi connectivity index (χ4v) is 3.02. The molecule has 0 aliphatic carbocycles. The van der Waals surface area contributed by atoms with E-state index in [-0.39, 0.29) is 5.78 Å². The van der Waals surface area contributed by atoms with E-state index in [2.05, 4.69) is 5.10 Å². The zero-order valence-corrected chi connectivity index (χ0v) is 12.4. The number of carbonyl (C=O) groups is 1. The summed E-state index contributed by atoms with van der Waals surface area (Å²) in [6.07, 6.45) is 2.33. The SMILES string of the molecule is CCc1ccsc1C(=O)c1c(Cl)cnn1CCOC. The summed E-state index contributed by atoms with van der Waals surface area (Å²) in [5.74, 6) is -0.0644. The molecule has 2 aromatic rings. The van der Waals surface area contributed by atoms with Crippen molar-refractivity contribution >= 4 is 28.7 Å². The number of rotatable bonds is 6. The molecule has 0 radical (unpaired) electrons. The average molecular weight is 299 g/mol. The predicted molar refractivity (Wildman–Crippen MR) is 76.2 cm³/mol. The second-order valence-corrected chi connectivity index (χ2v) is 5.34. The smallest absolute Gasteiger partial charge is 0.222 e. The van der Waals surface area contributed by atoms with Crippen molar-refractivity contribution in [1.82, 2.24) is 9.78 Å². The average Bonchev–Trinajstić information content (AvgIpc) is 3.02. The van der Waals surface area contributed by atoms with E-state index in [9.17, 15) is 4.79 Å². The van der Waals surface area contributed by atoms with Gasteiger partial charge in [0.1, 0.15) is 5.69 Å². The molecule has 0 atom stereocenters. The fraction of sp³-hybridized carbons (Fsp3) is 0.385. The Bertz CT molecular complexity index is 577. The number of aromatic nitrogens is 2. The number of methoxy groups -OCH3 is 1. The minimum Gasteiger partial charge on any atom is -0.383 e. The van der Waals surface area contributed by atoms with Gasteiger partial charge in [-0.3, -0.25) is 9.48 Å². The van der Waals surface area contributed by atoms with Gasteiger partial charge in [-0.1, -0.05) is 18.5 Å². The monoisotopic (exact) mass is 298 g/mol. The van der Waals surface area contributed by atoms with Crippen LogP contribution in [0, 0.1) is 0 Å². The third-order valence-electron chi connectivity index (χ3n) is 2.85. The summed E-state index contributed by atoms with van der Waals surface area (Å²) in [6, 6.07) is 1.97. The first-order valence-electron chi connectivity index (χ1n) is 6.00. The largest absolute Gasteiger partial charge is 0.383 e. The number of ketones is 1. The van der Waals surface area contributed by atoms with Gasteiger partial charge in [-0.15, -0.1) is 11.3 Å². The van der Waals surface area contributed by atoms with Crippen molar-refractivity contribution in [1.29, 1.82) is 0 Å². The van der Waals surface area contributed by atoms with Gasteiger partial charge in [0.15, 0.2) is 0 Å². The van der Waals surface area contributed by atoms with Crippen LogP contribution in [0.3, 0.4) is 0 Å². The quantitative estimate of drug-likeness (QED) is 0.770. The summed E-state index contributed by atoms with van der Waals surface area (Å²) in [4.78, 5) is 13.3. The lowest BCUT2D eigenvalue weighted by Crippen LogP contribution is -2.14. The highest BCUT2D eigenvalue weighted by atomic mass is 35.5. The predicted octanol–water partition coefficient (Wildman–Crippen LogP) is 3.04. The summed E-state index contributed by atoms with van der Waals surface area (Å²) in [5.41, 5.74) is 1.49. The standard InChI is InChI=1S/C13H15ClN2O2S/c1-3-9-4-7-19-13(9)12(17)11-10(14)8-15-16(11)5-6-18-2/h4,7-8H,3,5-6H2,1-2H3. The zero-order chi connectivity index (χ0) is 13.8. The summed E-state index contributed by atoms with van der Waals surface area (Å²) in [6.45, 7) is 3.03. The van der Waals surface area contributed by atoms with Crippen LogP contribution in [0.2, 0.25) is 5.02 Å². The Morgan fingerprint density at radius 1 is 1.58 bits per heavy atom. The molecule has 2 heterocycles. The molecule has 0 unspecified atom stereocenters. The third kappa shape index (κ3) is 2.88. The van der Waals surface area contributed by atoms with Crippen molar-refractivity contribution in [3.8, 4) is 0 Å². The Labute approximate surface area is 121 Å². The zero-order valence-electron chi connectivity index (χ0n) is 10.9. The van der Waals surface area contributed by atoms with E-state index in [0.717, 1.165) is 16.9 Å². The van der Waals surface area contributed by atoms with E-state index >= 15 is 0 Å². The van der Waals surface area contributed by atoms with Gasteiger partial charge in [-0.25, -0.2) is 0 Å². The van der Waals surface area contributed by atoms with Gasteiger partial charge in [0.2, 0.25) is 5.78 Å². The minimum absolute atomic E-state index is 0.0644. The molecule has 0 N–H and O–H groups in total. The van der Waals surface area contributed by atoms with Crippen molar-refractivity contribution in [3.63, 3.8) is 0 Å². The van der Waals surface area contributed by atoms with Crippen molar-refractivity contribution in [2.24, 2.45) is 0 Å². The van der Waals surface area contributed by atoms with Crippen LogP contribution in [-0.4, -0.2) is 29.3 Å². The molecule has 0 aromatic carbocycles. The first-order chi connectivity index (χ1) is 9.19. The molecular weight excluding hydrogens is 284 g/mol. The molecule has 0 fully saturated rings. The number of ether oxygens (including phenoxy) is 1. The highest BCUT2D eigenvalue weighted by molar-refractivity contribution is 7.12. The Kier molecular flexibility index (Phi) is 4.74. The van der Waals surface area contributed by atoms with Crippen LogP contribution in [0.4, 0.5) is 0 Å². The van der Waals surface area contributed by atoms with Gasteiger partial charge in [0, 0.05) is 7.11 Å². The minimum atomic E-state index is -0.0644. The first-order valence-corrected chi connectivity index (χ1v) is 7.26. The summed E-state index contributed by atoms with van der Waals surface area (Å²) < 4.78 is 6.62. The van der Waals surface area contributed by atoms with Crippen molar-refractivity contribution in [3.05, 3.63) is 38.8 Å². The van der Waals surface area contributed by atoms with Gasteiger partial charge in [-0.2, -0.15) is 5.10 Å². The number of hydrogen-bond donors (Lipinski definition) is 0. The van der Waals surface area contributed by atoms with Crippen LogP contribution in [0.15, 0.2) is 17.6 Å². The number of aryl methyl sites for hydroxylation is 1. The summed E-state index contributed by atoms with van der Waals surface area (Å²) >= 11 is 7.53. The molecule has 6 heteroatoms. The Morgan fingerprint density at radius 2 is 2.37 bits per heavy atom. The molecule has 0 bridgehead atoms. The molecule has 102 valence electrons. The molecule has 2 rings (SSSR count). The van der Waals surface area contributed by atoms with Gasteiger partial charge < -0.3 is 4.74 Å². The van der Waals surface area contributed by atoms with Crippen molar-refractivity contribution in [2.75, 3.05) is 13.7 Å². The molecule has 2 aromatic heterocycles. The second-order valence-electron chi connectivity index (χ2n) is 4.01. The summed E-state index contributed by atoms with van der Waals surface area (Å²) in [7, 11) is 1.61. The number of thiophene rings is 1. The molecule has 0 saturated heterocycles. The number of nitrogens with zero attached hydrogens (tertiary/aromatic N) is 2. The highest BCUT2D eigenvalue weighted by Gasteiger charge is 2.22. The van der Waals surface area contributed by atoms with Gasteiger partial charge >= 0.3 is 0 Å². The lowest BCUT2D eigenvalue weighted by Gasteiger charge is -2.07. The molecule has 0 spiro atoms.